The van der Waals surface area contributed by atoms with Crippen LogP contribution in [-0.2, 0) is 9.53 Å². The zero-order valence-electron chi connectivity index (χ0n) is 7.37. The number of ketones is 1. The Morgan fingerprint density at radius 1 is 1.54 bits per heavy atom. The smallest absolute Gasteiger partial charge is 0.313 e. The first-order valence-electron chi connectivity index (χ1n) is 4.06. The molecular formula is C9H11NO3. The molecule has 0 bridgehead atoms. The Morgan fingerprint density at radius 3 is 2.85 bits per heavy atom. The second-order valence-corrected chi connectivity index (χ2v) is 2.49. The van der Waals surface area contributed by atoms with Gasteiger partial charge in [-0.3, -0.25) is 9.59 Å². The van der Waals surface area contributed by atoms with E-state index >= 15 is 0 Å². The lowest BCUT2D eigenvalue weighted by atomic mass is 10.2. The molecule has 0 atom stereocenters. The van der Waals surface area contributed by atoms with E-state index in [2.05, 4.69) is 9.72 Å². The molecule has 1 aromatic rings. The topological polar surface area (TPSA) is 59.2 Å². The fraction of sp³-hybridized carbons (Fsp3) is 0.333. The molecule has 4 heteroatoms. The maximum Gasteiger partial charge on any atom is 0.313 e. The third kappa shape index (κ3) is 2.74. The molecule has 0 aliphatic heterocycles. The van der Waals surface area contributed by atoms with Crippen molar-refractivity contribution in [3.63, 3.8) is 0 Å². The van der Waals surface area contributed by atoms with Crippen LogP contribution in [0.3, 0.4) is 0 Å². The highest BCUT2D eigenvalue weighted by atomic mass is 16.5. The number of hydrogen-bond acceptors (Lipinski definition) is 3. The quantitative estimate of drug-likeness (QED) is 0.430. The summed E-state index contributed by atoms with van der Waals surface area (Å²) in [5.74, 6) is -0.731. The summed E-state index contributed by atoms with van der Waals surface area (Å²) >= 11 is 0. The van der Waals surface area contributed by atoms with Crippen molar-refractivity contribution < 1.29 is 14.3 Å². The molecule has 0 aliphatic rings. The van der Waals surface area contributed by atoms with Gasteiger partial charge >= 0.3 is 5.97 Å². The molecule has 0 unspecified atom stereocenters. The Morgan fingerprint density at radius 2 is 2.31 bits per heavy atom. The number of aromatic nitrogens is 1. The van der Waals surface area contributed by atoms with Gasteiger partial charge < -0.3 is 9.72 Å². The Hall–Kier alpha value is -1.58. The molecule has 4 nitrogen and oxygen atoms in total. The molecule has 1 N–H and O–H groups in total. The van der Waals surface area contributed by atoms with Crippen molar-refractivity contribution in [3.05, 3.63) is 24.0 Å². The van der Waals surface area contributed by atoms with Crippen LogP contribution in [0, 0.1) is 0 Å². The monoisotopic (exact) mass is 181 g/mol. The molecule has 0 saturated heterocycles. The minimum atomic E-state index is -0.484. The number of H-pyrrole nitrogens is 1. The number of Topliss-reactive ketones (excluding diaryl/α,β-unsaturated/α-hetero) is 1. The Bertz CT molecular complexity index is 290. The SMILES string of the molecule is CCOC(=O)CC(=O)c1ccc[nH]1. The second kappa shape index (κ2) is 4.45. The van der Waals surface area contributed by atoms with Gasteiger partial charge in [0.25, 0.3) is 0 Å². The van der Waals surface area contributed by atoms with Gasteiger partial charge in [0.2, 0.25) is 0 Å². The summed E-state index contributed by atoms with van der Waals surface area (Å²) in [5.41, 5.74) is 0.438. The zero-order chi connectivity index (χ0) is 9.68. The van der Waals surface area contributed by atoms with E-state index in [9.17, 15) is 9.59 Å². The van der Waals surface area contributed by atoms with Gasteiger partial charge in [0, 0.05) is 6.20 Å². The molecule has 0 aromatic carbocycles. The average Bonchev–Trinajstić information content (AvgIpc) is 2.55. The largest absolute Gasteiger partial charge is 0.466 e. The Kier molecular flexibility index (Phi) is 3.25. The third-order valence-corrected chi connectivity index (χ3v) is 1.51. The number of carbonyl (C=O) groups is 2. The van der Waals surface area contributed by atoms with Gasteiger partial charge in [-0.15, -0.1) is 0 Å². The number of nitrogens with one attached hydrogen (secondary N) is 1. The predicted octanol–water partition coefficient (Wildman–Crippen LogP) is 1.15. The van der Waals surface area contributed by atoms with E-state index in [1.807, 2.05) is 0 Å². The molecule has 0 amide bonds. The minimum Gasteiger partial charge on any atom is -0.466 e. The van der Waals surface area contributed by atoms with Crippen LogP contribution >= 0.6 is 0 Å². The van der Waals surface area contributed by atoms with Crippen molar-refractivity contribution in [1.29, 1.82) is 0 Å². The highest BCUT2D eigenvalue weighted by Crippen LogP contribution is 2.00. The predicted molar refractivity (Wildman–Crippen MR) is 46.4 cm³/mol. The van der Waals surface area contributed by atoms with E-state index in [4.69, 9.17) is 0 Å². The van der Waals surface area contributed by atoms with E-state index < -0.39 is 5.97 Å². The second-order valence-electron chi connectivity index (χ2n) is 2.49. The number of carbonyl (C=O) groups excluding carboxylic acids is 2. The summed E-state index contributed by atoms with van der Waals surface area (Å²) in [6.45, 7) is 2.01. The van der Waals surface area contributed by atoms with Crippen LogP contribution in [0.4, 0.5) is 0 Å². The highest BCUT2D eigenvalue weighted by Gasteiger charge is 2.12. The van der Waals surface area contributed by atoms with Gasteiger partial charge in [-0.05, 0) is 19.1 Å². The number of rotatable bonds is 4. The number of aromatic amines is 1. The molecule has 0 radical (unpaired) electrons. The first-order chi connectivity index (χ1) is 6.24. The summed E-state index contributed by atoms with van der Waals surface area (Å²) < 4.78 is 4.64. The van der Waals surface area contributed by atoms with Gasteiger partial charge in [0.05, 0.1) is 12.3 Å². The number of esters is 1. The van der Waals surface area contributed by atoms with Crippen LogP contribution in [0.15, 0.2) is 18.3 Å². The molecule has 1 aromatic heterocycles. The molecule has 0 fully saturated rings. The van der Waals surface area contributed by atoms with Crippen LogP contribution in [-0.4, -0.2) is 23.3 Å². The fourth-order valence-electron chi connectivity index (χ4n) is 0.942. The van der Waals surface area contributed by atoms with Crippen molar-refractivity contribution in [1.82, 2.24) is 4.98 Å². The van der Waals surface area contributed by atoms with E-state index in [-0.39, 0.29) is 12.2 Å². The number of hydrogen-bond donors (Lipinski definition) is 1. The van der Waals surface area contributed by atoms with Gasteiger partial charge in [0.15, 0.2) is 5.78 Å². The summed E-state index contributed by atoms with van der Waals surface area (Å²) in [6, 6.07) is 3.33. The fourth-order valence-corrected chi connectivity index (χ4v) is 0.942. The Balaban J connectivity index is 2.47. The molecule has 0 spiro atoms. The van der Waals surface area contributed by atoms with Crippen LogP contribution in [0.25, 0.3) is 0 Å². The lowest BCUT2D eigenvalue weighted by molar-refractivity contribution is -0.141. The Labute approximate surface area is 75.9 Å². The first kappa shape index (κ1) is 9.51. The zero-order valence-corrected chi connectivity index (χ0v) is 7.37. The first-order valence-corrected chi connectivity index (χ1v) is 4.06. The summed E-state index contributed by atoms with van der Waals surface area (Å²) in [4.78, 5) is 24.9. The average molecular weight is 181 g/mol. The minimum absolute atomic E-state index is 0.200. The molecule has 0 aliphatic carbocycles. The van der Waals surface area contributed by atoms with E-state index in [1.54, 1.807) is 25.3 Å². The van der Waals surface area contributed by atoms with Gasteiger partial charge in [-0.1, -0.05) is 0 Å². The molecule has 13 heavy (non-hydrogen) atoms. The lowest BCUT2D eigenvalue weighted by Gasteiger charge is -1.99. The lowest BCUT2D eigenvalue weighted by Crippen LogP contribution is -2.11. The van der Waals surface area contributed by atoms with Gasteiger partial charge in [-0.25, -0.2) is 0 Å². The van der Waals surface area contributed by atoms with Crippen molar-refractivity contribution in [2.45, 2.75) is 13.3 Å². The van der Waals surface area contributed by atoms with Crippen molar-refractivity contribution >= 4 is 11.8 Å². The molecular weight excluding hydrogens is 170 g/mol. The maximum atomic E-state index is 11.3. The van der Waals surface area contributed by atoms with Crippen LogP contribution in [0.1, 0.15) is 23.8 Å². The van der Waals surface area contributed by atoms with Crippen molar-refractivity contribution in [2.24, 2.45) is 0 Å². The van der Waals surface area contributed by atoms with E-state index in [1.165, 1.54) is 0 Å². The summed E-state index contributed by atoms with van der Waals surface area (Å²) in [6.07, 6.45) is 1.44. The number of ether oxygens (including phenoxy) is 1. The van der Waals surface area contributed by atoms with Gasteiger partial charge in [-0.2, -0.15) is 0 Å². The van der Waals surface area contributed by atoms with Crippen molar-refractivity contribution in [3.8, 4) is 0 Å². The van der Waals surface area contributed by atoms with Crippen LogP contribution < -0.4 is 0 Å². The maximum absolute atomic E-state index is 11.3. The van der Waals surface area contributed by atoms with Crippen LogP contribution in [0.5, 0.6) is 0 Å². The summed E-state index contributed by atoms with van der Waals surface area (Å²) in [7, 11) is 0. The van der Waals surface area contributed by atoms with E-state index in [0.29, 0.717) is 12.3 Å². The van der Waals surface area contributed by atoms with Crippen molar-refractivity contribution in [2.75, 3.05) is 6.61 Å². The molecule has 0 saturated carbocycles. The third-order valence-electron chi connectivity index (χ3n) is 1.51. The summed E-state index contributed by atoms with van der Waals surface area (Å²) in [5, 5.41) is 0. The molecule has 1 heterocycles. The van der Waals surface area contributed by atoms with Crippen LogP contribution in [0.2, 0.25) is 0 Å². The highest BCUT2D eigenvalue weighted by molar-refractivity contribution is 6.04. The van der Waals surface area contributed by atoms with Gasteiger partial charge in [0.1, 0.15) is 6.42 Å². The molecule has 70 valence electrons. The normalized spacial score (nSPS) is 9.62. The molecule has 1 rings (SSSR count). The standard InChI is InChI=1S/C9H11NO3/c1-2-13-9(12)6-8(11)7-4-3-5-10-7/h3-5,10H,2,6H2,1H3. The van der Waals surface area contributed by atoms with E-state index in [0.717, 1.165) is 0 Å².